The molecule has 14 rings (SSSR count). The highest BCUT2D eigenvalue weighted by atomic mass is 15.0. The number of benzene rings is 13. The summed E-state index contributed by atoms with van der Waals surface area (Å²) in [5.74, 6) is 0. The molecule has 0 unspecified atom stereocenters. The summed E-state index contributed by atoms with van der Waals surface area (Å²) in [4.78, 5) is 0. The quantitative estimate of drug-likeness (QED) is 0.152. The maximum Gasteiger partial charge on any atom is 0.0541 e. The van der Waals surface area contributed by atoms with Crippen LogP contribution in [0, 0.1) is 0 Å². The standard InChI is InChI=1S/C66H41N/c1-2-12-50(13-3-1)67-65-36-32-48(44-26-22-42(23-27-44)46-30-34-59-55-18-6-4-14-51(55)53-16-8-10-20-57(53)61(59)38-46)40-63(65)64-41-49(33-37-66(64)67)45-28-24-43(25-29-45)47-31-35-60-56-19-7-5-15-52(56)54-17-9-11-21-58(54)62(60)39-47/h1-41H. The molecule has 0 aliphatic rings. The van der Waals surface area contributed by atoms with Gasteiger partial charge in [-0.15, -0.1) is 0 Å². The van der Waals surface area contributed by atoms with Gasteiger partial charge in [-0.1, -0.05) is 200 Å². The van der Waals surface area contributed by atoms with E-state index in [1.165, 1.54) is 131 Å². The molecule has 1 heteroatoms. The van der Waals surface area contributed by atoms with E-state index in [-0.39, 0.29) is 0 Å². The molecule has 1 aromatic heterocycles. The molecule has 0 amide bonds. The number of aromatic nitrogens is 1. The van der Waals surface area contributed by atoms with Crippen LogP contribution < -0.4 is 0 Å². The van der Waals surface area contributed by atoms with Crippen LogP contribution >= 0.6 is 0 Å². The lowest BCUT2D eigenvalue weighted by atomic mass is 9.91. The summed E-state index contributed by atoms with van der Waals surface area (Å²) in [7, 11) is 0. The predicted molar refractivity (Wildman–Crippen MR) is 288 cm³/mol. The normalized spacial score (nSPS) is 11.9. The van der Waals surface area contributed by atoms with Crippen molar-refractivity contribution in [2.75, 3.05) is 0 Å². The maximum absolute atomic E-state index is 2.41. The van der Waals surface area contributed by atoms with Crippen LogP contribution in [-0.4, -0.2) is 4.57 Å². The van der Waals surface area contributed by atoms with Crippen molar-refractivity contribution >= 4 is 86.4 Å². The van der Waals surface area contributed by atoms with Crippen molar-refractivity contribution in [3.05, 3.63) is 249 Å². The lowest BCUT2D eigenvalue weighted by Gasteiger charge is -2.12. The summed E-state index contributed by atoms with van der Waals surface area (Å²) in [6, 6.07) is 92.0. The van der Waals surface area contributed by atoms with Crippen LogP contribution in [0.2, 0.25) is 0 Å². The number of fused-ring (bicyclic) bond motifs is 15. The van der Waals surface area contributed by atoms with Crippen molar-refractivity contribution in [2.24, 2.45) is 0 Å². The second kappa shape index (κ2) is 14.9. The van der Waals surface area contributed by atoms with E-state index >= 15 is 0 Å². The Bertz CT molecular complexity index is 3960. The van der Waals surface area contributed by atoms with Crippen LogP contribution in [-0.2, 0) is 0 Å². The second-order valence-corrected chi connectivity index (χ2v) is 18.0. The maximum atomic E-state index is 2.41. The van der Waals surface area contributed by atoms with Gasteiger partial charge >= 0.3 is 0 Å². The van der Waals surface area contributed by atoms with Gasteiger partial charge in [0, 0.05) is 16.5 Å². The molecule has 0 aliphatic carbocycles. The molecular formula is C66H41N. The first-order chi connectivity index (χ1) is 33.2. The molecule has 14 aromatic rings. The summed E-state index contributed by atoms with van der Waals surface area (Å²) >= 11 is 0. The summed E-state index contributed by atoms with van der Waals surface area (Å²) in [6.07, 6.45) is 0. The molecule has 310 valence electrons. The smallest absolute Gasteiger partial charge is 0.0541 e. The third kappa shape index (κ3) is 5.95. The Morgan fingerprint density at radius 1 is 0.164 bits per heavy atom. The van der Waals surface area contributed by atoms with Crippen molar-refractivity contribution < 1.29 is 0 Å². The molecule has 0 N–H and O–H groups in total. The van der Waals surface area contributed by atoms with Gasteiger partial charge in [0.2, 0.25) is 0 Å². The van der Waals surface area contributed by atoms with Crippen LogP contribution in [0.3, 0.4) is 0 Å². The summed E-state index contributed by atoms with van der Waals surface area (Å²) in [5.41, 5.74) is 13.2. The predicted octanol–water partition coefficient (Wildman–Crippen LogP) is 18.4. The average Bonchev–Trinajstić information content (AvgIpc) is 3.74. The Labute approximate surface area is 388 Å². The Morgan fingerprint density at radius 2 is 0.403 bits per heavy atom. The van der Waals surface area contributed by atoms with Gasteiger partial charge in [0.05, 0.1) is 11.0 Å². The highest BCUT2D eigenvalue weighted by molar-refractivity contribution is 6.27. The molecule has 0 atom stereocenters. The highest BCUT2D eigenvalue weighted by Gasteiger charge is 2.16. The molecular weight excluding hydrogens is 807 g/mol. The summed E-state index contributed by atoms with van der Waals surface area (Å²) < 4.78 is 2.41. The van der Waals surface area contributed by atoms with Crippen molar-refractivity contribution in [1.82, 2.24) is 4.57 Å². The van der Waals surface area contributed by atoms with Crippen LogP contribution in [0.5, 0.6) is 0 Å². The number of para-hydroxylation sites is 1. The van der Waals surface area contributed by atoms with Gasteiger partial charge in [0.1, 0.15) is 0 Å². The molecule has 0 fully saturated rings. The van der Waals surface area contributed by atoms with Gasteiger partial charge in [-0.2, -0.15) is 0 Å². The summed E-state index contributed by atoms with van der Waals surface area (Å²) in [6.45, 7) is 0. The number of hydrogen-bond donors (Lipinski definition) is 0. The van der Waals surface area contributed by atoms with E-state index in [0.29, 0.717) is 0 Å². The fraction of sp³-hybridized carbons (Fsp3) is 0. The number of nitrogens with zero attached hydrogens (tertiary/aromatic N) is 1. The van der Waals surface area contributed by atoms with E-state index in [1.807, 2.05) is 0 Å². The Balaban J connectivity index is 0.838. The summed E-state index contributed by atoms with van der Waals surface area (Å²) in [5, 5.41) is 18.0. The zero-order chi connectivity index (χ0) is 44.0. The molecule has 1 heterocycles. The molecule has 0 saturated heterocycles. The largest absolute Gasteiger partial charge is 0.309 e. The SMILES string of the molecule is c1ccc(-n2c3ccc(-c4ccc(-c5ccc6c7ccccc7c7ccccc7c6c5)cc4)cc3c3cc(-c4ccc(-c5ccc6c7ccccc7c7ccccc7c6c5)cc4)ccc32)cc1. The fourth-order valence-corrected chi connectivity index (χ4v) is 11.1. The molecule has 0 saturated carbocycles. The van der Waals surface area contributed by atoms with Crippen molar-refractivity contribution in [3.8, 4) is 50.2 Å². The van der Waals surface area contributed by atoms with E-state index in [4.69, 9.17) is 0 Å². The van der Waals surface area contributed by atoms with Crippen LogP contribution in [0.15, 0.2) is 249 Å². The van der Waals surface area contributed by atoms with Crippen LogP contribution in [0.25, 0.3) is 137 Å². The van der Waals surface area contributed by atoms with E-state index in [1.54, 1.807) is 0 Å². The Morgan fingerprint density at radius 3 is 0.731 bits per heavy atom. The van der Waals surface area contributed by atoms with Gasteiger partial charge in [-0.25, -0.2) is 0 Å². The molecule has 0 spiro atoms. The molecule has 67 heavy (non-hydrogen) atoms. The third-order valence-corrected chi connectivity index (χ3v) is 14.4. The molecule has 0 radical (unpaired) electrons. The average molecular weight is 848 g/mol. The second-order valence-electron chi connectivity index (χ2n) is 18.0. The van der Waals surface area contributed by atoms with Crippen molar-refractivity contribution in [2.45, 2.75) is 0 Å². The van der Waals surface area contributed by atoms with E-state index in [2.05, 4.69) is 253 Å². The molecule has 0 aliphatic heterocycles. The monoisotopic (exact) mass is 847 g/mol. The van der Waals surface area contributed by atoms with Gasteiger partial charge < -0.3 is 4.57 Å². The third-order valence-electron chi connectivity index (χ3n) is 14.4. The fourth-order valence-electron chi connectivity index (χ4n) is 11.1. The Kier molecular flexibility index (Phi) is 8.35. The van der Waals surface area contributed by atoms with Gasteiger partial charge in [-0.3, -0.25) is 0 Å². The first kappa shape index (κ1) is 37.6. The Hall–Kier alpha value is -8.78. The lowest BCUT2D eigenvalue weighted by Crippen LogP contribution is -1.93. The zero-order valence-electron chi connectivity index (χ0n) is 36.6. The van der Waals surface area contributed by atoms with Gasteiger partial charge in [-0.05, 0) is 158 Å². The first-order valence-electron chi connectivity index (χ1n) is 23.2. The van der Waals surface area contributed by atoms with E-state index < -0.39 is 0 Å². The van der Waals surface area contributed by atoms with Crippen molar-refractivity contribution in [1.29, 1.82) is 0 Å². The molecule has 0 bridgehead atoms. The van der Waals surface area contributed by atoms with Gasteiger partial charge in [0.25, 0.3) is 0 Å². The zero-order valence-corrected chi connectivity index (χ0v) is 36.6. The van der Waals surface area contributed by atoms with Crippen molar-refractivity contribution in [3.63, 3.8) is 0 Å². The van der Waals surface area contributed by atoms with Crippen LogP contribution in [0.4, 0.5) is 0 Å². The minimum atomic E-state index is 1.16. The van der Waals surface area contributed by atoms with Gasteiger partial charge in [0.15, 0.2) is 0 Å². The lowest BCUT2D eigenvalue weighted by molar-refractivity contribution is 1.18. The first-order valence-corrected chi connectivity index (χ1v) is 23.2. The minimum Gasteiger partial charge on any atom is -0.309 e. The van der Waals surface area contributed by atoms with E-state index in [9.17, 15) is 0 Å². The minimum absolute atomic E-state index is 1.16. The highest BCUT2D eigenvalue weighted by Crippen LogP contribution is 2.41. The topological polar surface area (TPSA) is 4.93 Å². The van der Waals surface area contributed by atoms with E-state index in [0.717, 1.165) is 5.69 Å². The molecule has 13 aromatic carbocycles. The number of hydrogen-bond acceptors (Lipinski definition) is 0. The molecule has 1 nitrogen and oxygen atoms in total. The number of rotatable bonds is 5. The van der Waals surface area contributed by atoms with Crippen LogP contribution in [0.1, 0.15) is 0 Å².